The topological polar surface area (TPSA) is 51.0 Å². The lowest BCUT2D eigenvalue weighted by Gasteiger charge is -2.49. The summed E-state index contributed by atoms with van der Waals surface area (Å²) < 4.78 is 20.1. The lowest BCUT2D eigenvalue weighted by atomic mass is 9.57. The number of alkyl halides is 1. The molecule has 1 N–H and O–H groups in total. The van der Waals surface area contributed by atoms with E-state index in [4.69, 9.17) is 4.52 Å². The number of allylic oxidation sites excluding steroid dienone is 2. The standard InChI is InChI=1S/C19H21BrFN3O/c1-18(2,21)17-23-16(24-25-17)15-6-7-19(9-12(15)10-19)11-22-14-5-3-4-13(20)8-14/h3-5,8,22H,6-7,9-11H2,1-2H3. The molecule has 0 radical (unpaired) electrons. The fraction of sp³-hybridized carbons (Fsp3) is 0.474. The van der Waals surface area contributed by atoms with Gasteiger partial charge in [-0.3, -0.25) is 0 Å². The van der Waals surface area contributed by atoms with E-state index in [1.165, 1.54) is 19.4 Å². The Morgan fingerprint density at radius 2 is 2.16 bits per heavy atom. The quantitative estimate of drug-likeness (QED) is 0.715. The molecule has 4 nitrogen and oxygen atoms in total. The lowest BCUT2D eigenvalue weighted by molar-refractivity contribution is 0.155. The highest BCUT2D eigenvalue weighted by Crippen LogP contribution is 2.56. The van der Waals surface area contributed by atoms with Crippen LogP contribution in [-0.2, 0) is 5.67 Å². The van der Waals surface area contributed by atoms with Crippen LogP contribution in [0.3, 0.4) is 0 Å². The molecule has 3 aliphatic carbocycles. The summed E-state index contributed by atoms with van der Waals surface area (Å²) in [6.45, 7) is 3.84. The van der Waals surface area contributed by atoms with Crippen LogP contribution in [0.5, 0.6) is 0 Å². The molecule has 25 heavy (non-hydrogen) atoms. The largest absolute Gasteiger partial charge is 0.384 e. The average Bonchev–Trinajstić information content (AvgIpc) is 3.02. The van der Waals surface area contributed by atoms with Gasteiger partial charge in [-0.15, -0.1) is 0 Å². The van der Waals surface area contributed by atoms with Crippen LogP contribution in [0.1, 0.15) is 51.2 Å². The summed E-state index contributed by atoms with van der Waals surface area (Å²) >= 11 is 3.50. The van der Waals surface area contributed by atoms with Crippen LogP contribution in [0, 0.1) is 5.41 Å². The Morgan fingerprint density at radius 3 is 2.76 bits per heavy atom. The van der Waals surface area contributed by atoms with Crippen molar-refractivity contribution in [1.82, 2.24) is 10.1 Å². The number of fused-ring (bicyclic) bond motifs is 2. The number of nitrogens with one attached hydrogen (secondary N) is 1. The number of halogens is 2. The molecule has 0 amide bonds. The van der Waals surface area contributed by atoms with E-state index in [2.05, 4.69) is 43.5 Å². The van der Waals surface area contributed by atoms with Gasteiger partial charge in [0.1, 0.15) is 0 Å². The minimum atomic E-state index is -1.59. The van der Waals surface area contributed by atoms with E-state index in [1.54, 1.807) is 0 Å². The molecule has 2 aromatic rings. The van der Waals surface area contributed by atoms with Crippen LogP contribution in [0.4, 0.5) is 10.1 Å². The summed E-state index contributed by atoms with van der Waals surface area (Å²) in [4.78, 5) is 4.27. The second-order valence-corrected chi connectivity index (χ2v) is 8.61. The Balaban J connectivity index is 1.44. The molecule has 1 aromatic carbocycles. The monoisotopic (exact) mass is 405 g/mol. The first kappa shape index (κ1) is 16.8. The van der Waals surface area contributed by atoms with Crippen molar-refractivity contribution in [2.45, 2.75) is 45.2 Å². The number of hydrogen-bond donors (Lipinski definition) is 1. The van der Waals surface area contributed by atoms with Crippen LogP contribution in [0.15, 0.2) is 38.8 Å². The Morgan fingerprint density at radius 1 is 1.36 bits per heavy atom. The van der Waals surface area contributed by atoms with Crippen molar-refractivity contribution in [3.63, 3.8) is 0 Å². The molecule has 132 valence electrons. The van der Waals surface area contributed by atoms with Crippen LogP contribution in [-0.4, -0.2) is 16.7 Å². The summed E-state index contributed by atoms with van der Waals surface area (Å²) in [5.74, 6) is 0.632. The Labute approximate surface area is 155 Å². The number of benzene rings is 1. The molecule has 0 unspecified atom stereocenters. The van der Waals surface area contributed by atoms with Gasteiger partial charge in [0.25, 0.3) is 5.89 Å². The number of hydrogen-bond acceptors (Lipinski definition) is 4. The third-order valence-corrected chi connectivity index (χ3v) is 5.70. The number of anilines is 1. The summed E-state index contributed by atoms with van der Waals surface area (Å²) in [5, 5.41) is 7.56. The molecular formula is C19H21BrFN3O. The minimum absolute atomic E-state index is 0.0584. The molecule has 1 heterocycles. The Bertz CT molecular complexity index is 829. The van der Waals surface area contributed by atoms with Crippen molar-refractivity contribution in [1.29, 1.82) is 0 Å². The first-order valence-corrected chi connectivity index (χ1v) is 9.38. The van der Waals surface area contributed by atoms with Gasteiger partial charge in [0.2, 0.25) is 0 Å². The van der Waals surface area contributed by atoms with Gasteiger partial charge in [-0.05, 0) is 68.7 Å². The van der Waals surface area contributed by atoms with Crippen LogP contribution in [0.2, 0.25) is 0 Å². The highest BCUT2D eigenvalue weighted by Gasteiger charge is 2.46. The van der Waals surface area contributed by atoms with Crippen molar-refractivity contribution >= 4 is 27.2 Å². The first-order chi connectivity index (χ1) is 11.8. The molecule has 1 saturated carbocycles. The molecule has 0 saturated heterocycles. The van der Waals surface area contributed by atoms with E-state index in [0.717, 1.165) is 48.0 Å². The normalized spacial score (nSPS) is 18.9. The van der Waals surface area contributed by atoms with Gasteiger partial charge in [0, 0.05) is 16.7 Å². The van der Waals surface area contributed by atoms with Crippen molar-refractivity contribution in [3.8, 4) is 0 Å². The zero-order valence-corrected chi connectivity index (χ0v) is 16.0. The number of aromatic nitrogens is 2. The molecule has 1 fully saturated rings. The van der Waals surface area contributed by atoms with E-state index in [0.29, 0.717) is 11.2 Å². The number of nitrogens with zero attached hydrogens (tertiary/aromatic N) is 2. The molecule has 0 spiro atoms. The van der Waals surface area contributed by atoms with Crippen LogP contribution >= 0.6 is 15.9 Å². The van der Waals surface area contributed by atoms with E-state index < -0.39 is 5.67 Å². The molecule has 5 rings (SSSR count). The van der Waals surface area contributed by atoms with Gasteiger partial charge in [-0.1, -0.05) is 32.7 Å². The SMILES string of the molecule is CC(C)(F)c1nc(C2=C3CC(CNc4cccc(Br)c4)(CC2)C3)no1. The first-order valence-electron chi connectivity index (χ1n) is 8.59. The lowest BCUT2D eigenvalue weighted by Crippen LogP contribution is -2.41. The van der Waals surface area contributed by atoms with Gasteiger partial charge in [-0.2, -0.15) is 4.98 Å². The van der Waals surface area contributed by atoms with E-state index >= 15 is 0 Å². The average molecular weight is 406 g/mol. The molecule has 0 aliphatic heterocycles. The zero-order valence-electron chi connectivity index (χ0n) is 14.4. The molecule has 0 atom stereocenters. The summed E-state index contributed by atoms with van der Waals surface area (Å²) in [6.07, 6.45) is 4.15. The molecule has 6 heteroatoms. The maximum absolute atomic E-state index is 13.9. The molecule has 3 aliphatic rings. The second kappa shape index (κ2) is 5.94. The fourth-order valence-corrected chi connectivity index (χ4v) is 4.17. The smallest absolute Gasteiger partial charge is 0.264 e. The van der Waals surface area contributed by atoms with Crippen LogP contribution < -0.4 is 5.32 Å². The maximum Gasteiger partial charge on any atom is 0.264 e. The summed E-state index contributed by atoms with van der Waals surface area (Å²) in [5.41, 5.74) is 2.42. The minimum Gasteiger partial charge on any atom is -0.384 e. The van der Waals surface area contributed by atoms with E-state index in [9.17, 15) is 4.39 Å². The Hall–Kier alpha value is -1.69. The highest BCUT2D eigenvalue weighted by molar-refractivity contribution is 9.10. The van der Waals surface area contributed by atoms with Gasteiger partial charge in [0.15, 0.2) is 11.5 Å². The highest BCUT2D eigenvalue weighted by atomic mass is 79.9. The predicted octanol–water partition coefficient (Wildman–Crippen LogP) is 5.48. The molecule has 2 bridgehead atoms. The third kappa shape index (κ3) is 3.24. The number of rotatable bonds is 5. The van der Waals surface area contributed by atoms with Gasteiger partial charge in [-0.25, -0.2) is 4.39 Å². The molecular weight excluding hydrogens is 385 g/mol. The van der Waals surface area contributed by atoms with Crippen LogP contribution in [0.25, 0.3) is 5.57 Å². The van der Waals surface area contributed by atoms with E-state index in [-0.39, 0.29) is 5.89 Å². The summed E-state index contributed by atoms with van der Waals surface area (Å²) in [6, 6.07) is 8.25. The Kier molecular flexibility index (Phi) is 3.98. The fourth-order valence-electron chi connectivity index (χ4n) is 3.77. The third-order valence-electron chi connectivity index (χ3n) is 5.21. The van der Waals surface area contributed by atoms with Gasteiger partial charge < -0.3 is 9.84 Å². The van der Waals surface area contributed by atoms with Gasteiger partial charge >= 0.3 is 0 Å². The predicted molar refractivity (Wildman–Crippen MR) is 98.9 cm³/mol. The summed E-state index contributed by atoms with van der Waals surface area (Å²) in [7, 11) is 0. The molecule has 1 aromatic heterocycles. The van der Waals surface area contributed by atoms with Crippen molar-refractivity contribution in [3.05, 3.63) is 46.0 Å². The second-order valence-electron chi connectivity index (χ2n) is 7.70. The van der Waals surface area contributed by atoms with Crippen molar-refractivity contribution < 1.29 is 8.91 Å². The van der Waals surface area contributed by atoms with Crippen molar-refractivity contribution in [2.24, 2.45) is 5.41 Å². The maximum atomic E-state index is 13.9. The zero-order chi connectivity index (χ0) is 17.7. The van der Waals surface area contributed by atoms with E-state index in [1.807, 2.05) is 12.1 Å². The van der Waals surface area contributed by atoms with Crippen molar-refractivity contribution in [2.75, 3.05) is 11.9 Å². The van der Waals surface area contributed by atoms with Gasteiger partial charge in [0.05, 0.1) is 0 Å².